The summed E-state index contributed by atoms with van der Waals surface area (Å²) in [4.78, 5) is 6.06. The molecule has 0 bridgehead atoms. The summed E-state index contributed by atoms with van der Waals surface area (Å²) < 4.78 is 0. The predicted octanol–water partition coefficient (Wildman–Crippen LogP) is -0.635. The van der Waals surface area contributed by atoms with Gasteiger partial charge in [-0.15, -0.1) is 0 Å². The standard InChI is InChI=1S/C8H21N5/c1-8(2,13(4)5)6-11-7(10-3)12-9/h6,9H2,1-5H3,(H2,10,11,12). The molecule has 13 heavy (non-hydrogen) atoms. The van der Waals surface area contributed by atoms with Gasteiger partial charge in [-0.1, -0.05) is 0 Å². The summed E-state index contributed by atoms with van der Waals surface area (Å²) in [7, 11) is 5.77. The Bertz CT molecular complexity index is 173. The first kappa shape index (κ1) is 12.2. The van der Waals surface area contributed by atoms with Gasteiger partial charge in [0.15, 0.2) is 0 Å². The van der Waals surface area contributed by atoms with Crippen LogP contribution < -0.4 is 16.6 Å². The van der Waals surface area contributed by atoms with Crippen LogP contribution in [0.4, 0.5) is 0 Å². The second-order valence-electron chi connectivity index (χ2n) is 3.78. The molecule has 0 unspecified atom stereocenters. The summed E-state index contributed by atoms with van der Waals surface area (Å²) in [6.45, 7) is 5.07. The second-order valence-corrected chi connectivity index (χ2v) is 3.78. The Kier molecular flexibility index (Phi) is 4.72. The van der Waals surface area contributed by atoms with E-state index < -0.39 is 0 Å². The smallest absolute Gasteiger partial charge is 0.205 e. The van der Waals surface area contributed by atoms with E-state index in [1.165, 1.54) is 0 Å². The molecule has 78 valence electrons. The van der Waals surface area contributed by atoms with Gasteiger partial charge in [-0.3, -0.25) is 10.4 Å². The van der Waals surface area contributed by atoms with Crippen molar-refractivity contribution in [3.63, 3.8) is 0 Å². The molecule has 0 radical (unpaired) electrons. The lowest BCUT2D eigenvalue weighted by molar-refractivity contribution is 0.197. The topological polar surface area (TPSA) is 65.7 Å². The Hall–Kier alpha value is -0.810. The third kappa shape index (κ3) is 4.10. The van der Waals surface area contributed by atoms with Gasteiger partial charge in [-0.2, -0.15) is 0 Å². The highest BCUT2D eigenvalue weighted by Crippen LogP contribution is 2.07. The minimum absolute atomic E-state index is 0.0762. The van der Waals surface area contributed by atoms with Crippen LogP contribution in [0.15, 0.2) is 4.99 Å². The molecule has 5 nitrogen and oxygen atoms in total. The number of nitrogens with zero attached hydrogens (tertiary/aromatic N) is 2. The first-order chi connectivity index (χ1) is 5.94. The summed E-state index contributed by atoms with van der Waals surface area (Å²) >= 11 is 0. The lowest BCUT2D eigenvalue weighted by Crippen LogP contribution is -2.52. The minimum atomic E-state index is 0.0762. The number of guanidine groups is 1. The average Bonchev–Trinajstić information content (AvgIpc) is 2.06. The summed E-state index contributed by atoms with van der Waals surface area (Å²) in [5, 5.41) is 3.11. The van der Waals surface area contributed by atoms with E-state index in [4.69, 9.17) is 5.84 Å². The van der Waals surface area contributed by atoms with Crippen LogP contribution in [0.1, 0.15) is 13.8 Å². The summed E-state index contributed by atoms with van der Waals surface area (Å²) in [5.74, 6) is 5.84. The van der Waals surface area contributed by atoms with Crippen LogP contribution in [0.25, 0.3) is 0 Å². The Balaban J connectivity index is 4.01. The van der Waals surface area contributed by atoms with Crippen molar-refractivity contribution < 1.29 is 0 Å². The minimum Gasteiger partial charge on any atom is -0.353 e. The van der Waals surface area contributed by atoms with Crippen molar-refractivity contribution in [1.29, 1.82) is 0 Å². The molecule has 0 aliphatic rings. The van der Waals surface area contributed by atoms with Gasteiger partial charge in [-0.05, 0) is 27.9 Å². The Morgan fingerprint density at radius 1 is 1.46 bits per heavy atom. The maximum Gasteiger partial charge on any atom is 0.205 e. The molecule has 4 N–H and O–H groups in total. The van der Waals surface area contributed by atoms with Crippen LogP contribution in [-0.2, 0) is 0 Å². The van der Waals surface area contributed by atoms with E-state index in [0.717, 1.165) is 6.54 Å². The van der Waals surface area contributed by atoms with Gasteiger partial charge in [0.1, 0.15) is 0 Å². The lowest BCUT2D eigenvalue weighted by atomic mass is 10.1. The van der Waals surface area contributed by atoms with Crippen LogP contribution in [-0.4, -0.2) is 44.1 Å². The average molecular weight is 187 g/mol. The molecule has 0 amide bonds. The van der Waals surface area contributed by atoms with Crippen LogP contribution in [0, 0.1) is 0 Å². The fourth-order valence-corrected chi connectivity index (χ4v) is 0.653. The number of hydrogen-bond acceptors (Lipinski definition) is 3. The Labute approximate surface area is 80.4 Å². The summed E-state index contributed by atoms with van der Waals surface area (Å²) in [5.41, 5.74) is 2.56. The Morgan fingerprint density at radius 3 is 2.31 bits per heavy atom. The first-order valence-electron chi connectivity index (χ1n) is 4.28. The molecule has 0 aromatic rings. The molecule has 0 saturated carbocycles. The quantitative estimate of drug-likeness (QED) is 0.238. The highest BCUT2D eigenvalue weighted by Gasteiger charge is 2.20. The molecule has 0 fully saturated rings. The molecule has 0 aromatic heterocycles. The van der Waals surface area contributed by atoms with Gasteiger partial charge < -0.3 is 10.2 Å². The van der Waals surface area contributed by atoms with Gasteiger partial charge in [-0.25, -0.2) is 5.84 Å². The van der Waals surface area contributed by atoms with Crippen LogP contribution >= 0.6 is 0 Å². The van der Waals surface area contributed by atoms with Crippen molar-refractivity contribution >= 4 is 5.96 Å². The van der Waals surface area contributed by atoms with E-state index in [1.807, 2.05) is 14.1 Å². The van der Waals surface area contributed by atoms with E-state index in [0.29, 0.717) is 5.96 Å². The highest BCUT2D eigenvalue weighted by molar-refractivity contribution is 5.78. The Morgan fingerprint density at radius 2 is 2.00 bits per heavy atom. The zero-order chi connectivity index (χ0) is 10.5. The molecule has 0 aromatic carbocycles. The van der Waals surface area contributed by atoms with Crippen molar-refractivity contribution in [3.8, 4) is 0 Å². The molecule has 0 spiro atoms. The van der Waals surface area contributed by atoms with Gasteiger partial charge in [0.05, 0.1) is 0 Å². The van der Waals surface area contributed by atoms with E-state index in [-0.39, 0.29) is 5.54 Å². The molecule has 5 heteroatoms. The molecule has 0 saturated heterocycles. The highest BCUT2D eigenvalue weighted by atomic mass is 15.3. The number of hydrogen-bond donors (Lipinski definition) is 3. The zero-order valence-electron chi connectivity index (χ0n) is 9.18. The molecular formula is C8H21N5. The monoisotopic (exact) mass is 187 g/mol. The third-order valence-corrected chi connectivity index (χ3v) is 2.26. The van der Waals surface area contributed by atoms with E-state index in [1.54, 1.807) is 7.05 Å². The number of nitrogens with two attached hydrogens (primary N) is 1. The summed E-state index contributed by atoms with van der Waals surface area (Å²) in [6.07, 6.45) is 0. The fraction of sp³-hybridized carbons (Fsp3) is 0.875. The fourth-order valence-electron chi connectivity index (χ4n) is 0.653. The van der Waals surface area contributed by atoms with Crippen molar-refractivity contribution in [3.05, 3.63) is 0 Å². The van der Waals surface area contributed by atoms with Gasteiger partial charge in [0.2, 0.25) is 5.96 Å². The number of hydrazine groups is 1. The normalized spacial score (nSPS) is 13.3. The maximum absolute atomic E-state index is 5.23. The van der Waals surface area contributed by atoms with Crippen LogP contribution in [0.5, 0.6) is 0 Å². The van der Waals surface area contributed by atoms with Crippen molar-refractivity contribution in [2.45, 2.75) is 19.4 Å². The predicted molar refractivity (Wildman–Crippen MR) is 56.5 cm³/mol. The second kappa shape index (κ2) is 5.04. The van der Waals surface area contributed by atoms with Gasteiger partial charge in [0.25, 0.3) is 0 Å². The zero-order valence-corrected chi connectivity index (χ0v) is 9.18. The number of likely N-dealkylation sites (N-methyl/N-ethyl adjacent to an activating group) is 1. The number of rotatable bonds is 3. The van der Waals surface area contributed by atoms with Crippen LogP contribution in [0.3, 0.4) is 0 Å². The summed E-state index contributed by atoms with van der Waals surface area (Å²) in [6, 6.07) is 0. The van der Waals surface area contributed by atoms with Gasteiger partial charge >= 0.3 is 0 Å². The maximum atomic E-state index is 5.23. The molecule has 0 atom stereocenters. The van der Waals surface area contributed by atoms with Crippen molar-refractivity contribution in [1.82, 2.24) is 15.6 Å². The largest absolute Gasteiger partial charge is 0.353 e. The number of nitrogens with one attached hydrogen (secondary N) is 2. The van der Waals surface area contributed by atoms with Crippen LogP contribution in [0.2, 0.25) is 0 Å². The molecular weight excluding hydrogens is 166 g/mol. The molecule has 0 aliphatic carbocycles. The van der Waals surface area contributed by atoms with Crippen molar-refractivity contribution in [2.75, 3.05) is 27.7 Å². The molecule has 0 aliphatic heterocycles. The SMILES string of the molecule is CN=C(NN)NCC(C)(C)N(C)C. The third-order valence-electron chi connectivity index (χ3n) is 2.26. The first-order valence-corrected chi connectivity index (χ1v) is 4.28. The van der Waals surface area contributed by atoms with E-state index in [9.17, 15) is 0 Å². The van der Waals surface area contributed by atoms with E-state index >= 15 is 0 Å². The molecule has 0 rings (SSSR count). The molecule has 0 heterocycles. The van der Waals surface area contributed by atoms with E-state index in [2.05, 4.69) is 34.5 Å². The number of aliphatic imine (C=N–C) groups is 1. The van der Waals surface area contributed by atoms with Crippen molar-refractivity contribution in [2.24, 2.45) is 10.8 Å². The van der Waals surface area contributed by atoms with Gasteiger partial charge in [0, 0.05) is 19.1 Å². The lowest BCUT2D eigenvalue weighted by Gasteiger charge is -2.33.